The van der Waals surface area contributed by atoms with Gasteiger partial charge in [-0.25, -0.2) is 9.97 Å². The Morgan fingerprint density at radius 3 is 2.63 bits per heavy atom. The number of halogens is 1. The predicted octanol–water partition coefficient (Wildman–Crippen LogP) is 4.41. The van der Waals surface area contributed by atoms with E-state index in [1.807, 2.05) is 36.4 Å². The Morgan fingerprint density at radius 2 is 1.89 bits per heavy atom. The number of nitrogens with one attached hydrogen (secondary N) is 2. The lowest BCUT2D eigenvalue weighted by Crippen LogP contribution is -2.26. The maximum atomic E-state index is 12.3. The third kappa shape index (κ3) is 5.53. The summed E-state index contributed by atoms with van der Waals surface area (Å²) in [6, 6.07) is 17.2. The molecule has 1 heterocycles. The molecule has 0 aliphatic carbocycles. The van der Waals surface area contributed by atoms with Crippen molar-refractivity contribution < 1.29 is 4.79 Å². The van der Waals surface area contributed by atoms with Crippen LogP contribution in [0.5, 0.6) is 0 Å². The maximum absolute atomic E-state index is 12.3. The number of carbonyl (C=O) groups excluding carboxylic acids is 1. The van der Waals surface area contributed by atoms with Crippen LogP contribution in [-0.4, -0.2) is 22.4 Å². The number of rotatable bonds is 7. The van der Waals surface area contributed by atoms with Gasteiger partial charge in [0.1, 0.15) is 5.69 Å². The number of carbonyl (C=O) groups is 1. The molecule has 2 N–H and O–H groups in total. The van der Waals surface area contributed by atoms with E-state index >= 15 is 0 Å². The van der Waals surface area contributed by atoms with Crippen LogP contribution in [0.1, 0.15) is 28.5 Å². The van der Waals surface area contributed by atoms with E-state index in [9.17, 15) is 4.79 Å². The first kappa shape index (κ1) is 18.9. The lowest BCUT2D eigenvalue weighted by Gasteiger charge is -2.08. The average Bonchev–Trinajstić information content (AvgIpc) is 2.69. The van der Waals surface area contributed by atoms with Gasteiger partial charge >= 0.3 is 0 Å². The van der Waals surface area contributed by atoms with Gasteiger partial charge in [0.2, 0.25) is 5.95 Å². The molecule has 0 saturated carbocycles. The molecule has 3 aromatic rings. The van der Waals surface area contributed by atoms with Gasteiger partial charge in [-0.2, -0.15) is 0 Å². The predicted molar refractivity (Wildman–Crippen MR) is 109 cm³/mol. The minimum absolute atomic E-state index is 0.233. The molecule has 0 aliphatic heterocycles. The van der Waals surface area contributed by atoms with Gasteiger partial charge in [0.05, 0.1) is 0 Å². The number of nitrogens with zero attached hydrogens (tertiary/aromatic N) is 2. The minimum atomic E-state index is -0.233. The Bertz CT molecular complexity index is 912. The summed E-state index contributed by atoms with van der Waals surface area (Å²) >= 11 is 5.97. The molecule has 0 radical (unpaired) electrons. The van der Waals surface area contributed by atoms with Gasteiger partial charge in [0, 0.05) is 23.5 Å². The number of amides is 1. The molecule has 0 spiro atoms. The Morgan fingerprint density at radius 1 is 1.07 bits per heavy atom. The van der Waals surface area contributed by atoms with Crippen LogP contribution in [0.25, 0.3) is 0 Å². The third-order valence-corrected chi connectivity index (χ3v) is 4.33. The van der Waals surface area contributed by atoms with Gasteiger partial charge in [-0.15, -0.1) is 0 Å². The van der Waals surface area contributed by atoms with E-state index in [0.717, 1.165) is 17.7 Å². The van der Waals surface area contributed by atoms with Gasteiger partial charge in [-0.3, -0.25) is 4.79 Å². The van der Waals surface area contributed by atoms with Crippen molar-refractivity contribution in [2.24, 2.45) is 0 Å². The standard InChI is InChI=1S/C21H21ClN4O/c1-2-15-6-8-18(9-7-15)25-21-24-13-11-19(26-21)20(27)23-12-10-16-4-3-5-17(22)14-16/h3-9,11,13-14H,2,10,12H2,1H3,(H,23,27)(H,24,25,26). The van der Waals surface area contributed by atoms with Crippen molar-refractivity contribution in [1.29, 1.82) is 0 Å². The number of aryl methyl sites for hydroxylation is 1. The molecule has 6 heteroatoms. The first-order valence-electron chi connectivity index (χ1n) is 8.85. The highest BCUT2D eigenvalue weighted by Gasteiger charge is 2.09. The minimum Gasteiger partial charge on any atom is -0.350 e. The molecule has 5 nitrogen and oxygen atoms in total. The largest absolute Gasteiger partial charge is 0.350 e. The highest BCUT2D eigenvalue weighted by atomic mass is 35.5. The second-order valence-corrected chi connectivity index (χ2v) is 6.51. The van der Waals surface area contributed by atoms with Gasteiger partial charge in [0.25, 0.3) is 5.91 Å². The Labute approximate surface area is 163 Å². The van der Waals surface area contributed by atoms with Crippen molar-refractivity contribution >= 4 is 29.1 Å². The van der Waals surface area contributed by atoms with Gasteiger partial charge in [-0.1, -0.05) is 42.8 Å². The van der Waals surface area contributed by atoms with Crippen LogP contribution in [0, 0.1) is 0 Å². The summed E-state index contributed by atoms with van der Waals surface area (Å²) in [6.07, 6.45) is 3.26. The molecule has 0 saturated heterocycles. The van der Waals surface area contributed by atoms with E-state index in [-0.39, 0.29) is 5.91 Å². The first-order valence-corrected chi connectivity index (χ1v) is 9.23. The molecule has 3 rings (SSSR count). The van der Waals surface area contributed by atoms with Crippen molar-refractivity contribution in [3.63, 3.8) is 0 Å². The molecule has 0 aliphatic rings. The van der Waals surface area contributed by atoms with E-state index in [1.54, 1.807) is 12.3 Å². The van der Waals surface area contributed by atoms with Crippen LogP contribution in [-0.2, 0) is 12.8 Å². The lowest BCUT2D eigenvalue weighted by molar-refractivity contribution is 0.0949. The van der Waals surface area contributed by atoms with Crippen LogP contribution in [0.4, 0.5) is 11.6 Å². The van der Waals surface area contributed by atoms with E-state index < -0.39 is 0 Å². The summed E-state index contributed by atoms with van der Waals surface area (Å²) in [6.45, 7) is 2.62. The normalized spacial score (nSPS) is 10.4. The number of aromatic nitrogens is 2. The number of benzene rings is 2. The highest BCUT2D eigenvalue weighted by molar-refractivity contribution is 6.30. The van der Waals surface area contributed by atoms with Crippen molar-refractivity contribution in [3.05, 3.63) is 82.6 Å². The molecule has 2 aromatic carbocycles. The van der Waals surface area contributed by atoms with Gasteiger partial charge in [0.15, 0.2) is 0 Å². The fraction of sp³-hybridized carbons (Fsp3) is 0.190. The van der Waals surface area contributed by atoms with Crippen molar-refractivity contribution in [3.8, 4) is 0 Å². The Kier molecular flexibility index (Phi) is 6.39. The Hall–Kier alpha value is -2.92. The quantitative estimate of drug-likeness (QED) is 0.637. The van der Waals surface area contributed by atoms with Crippen LogP contribution >= 0.6 is 11.6 Å². The van der Waals surface area contributed by atoms with Crippen LogP contribution in [0.15, 0.2) is 60.8 Å². The van der Waals surface area contributed by atoms with Crippen LogP contribution in [0.3, 0.4) is 0 Å². The van der Waals surface area contributed by atoms with E-state index in [2.05, 4.69) is 39.7 Å². The van der Waals surface area contributed by atoms with E-state index in [1.165, 1.54) is 5.56 Å². The molecule has 1 amide bonds. The average molecular weight is 381 g/mol. The maximum Gasteiger partial charge on any atom is 0.270 e. The van der Waals surface area contributed by atoms with E-state index in [4.69, 9.17) is 11.6 Å². The second-order valence-electron chi connectivity index (χ2n) is 6.08. The molecule has 138 valence electrons. The fourth-order valence-electron chi connectivity index (χ4n) is 2.60. The summed E-state index contributed by atoms with van der Waals surface area (Å²) in [4.78, 5) is 20.8. The third-order valence-electron chi connectivity index (χ3n) is 4.09. The van der Waals surface area contributed by atoms with Crippen LogP contribution in [0.2, 0.25) is 5.02 Å². The zero-order valence-corrected chi connectivity index (χ0v) is 15.8. The summed E-state index contributed by atoms with van der Waals surface area (Å²) in [5.41, 5.74) is 3.53. The zero-order chi connectivity index (χ0) is 19.1. The molecule has 0 fully saturated rings. The summed E-state index contributed by atoms with van der Waals surface area (Å²) < 4.78 is 0. The van der Waals surface area contributed by atoms with Gasteiger partial charge < -0.3 is 10.6 Å². The number of hydrogen-bond acceptors (Lipinski definition) is 4. The van der Waals surface area contributed by atoms with Crippen molar-refractivity contribution in [2.75, 3.05) is 11.9 Å². The fourth-order valence-corrected chi connectivity index (χ4v) is 2.81. The lowest BCUT2D eigenvalue weighted by atomic mass is 10.1. The molecular weight excluding hydrogens is 360 g/mol. The molecular formula is C21H21ClN4O. The van der Waals surface area contributed by atoms with Crippen molar-refractivity contribution in [2.45, 2.75) is 19.8 Å². The van der Waals surface area contributed by atoms with Crippen LogP contribution < -0.4 is 10.6 Å². The monoisotopic (exact) mass is 380 g/mol. The van der Waals surface area contributed by atoms with Crippen molar-refractivity contribution in [1.82, 2.24) is 15.3 Å². The molecule has 0 unspecified atom stereocenters. The first-order chi connectivity index (χ1) is 13.1. The number of hydrogen-bond donors (Lipinski definition) is 2. The zero-order valence-electron chi connectivity index (χ0n) is 15.1. The molecule has 0 bridgehead atoms. The van der Waals surface area contributed by atoms with E-state index in [0.29, 0.717) is 29.6 Å². The summed E-state index contributed by atoms with van der Waals surface area (Å²) in [5.74, 6) is 0.158. The summed E-state index contributed by atoms with van der Waals surface area (Å²) in [7, 11) is 0. The molecule has 27 heavy (non-hydrogen) atoms. The number of anilines is 2. The second kappa shape index (κ2) is 9.14. The summed E-state index contributed by atoms with van der Waals surface area (Å²) in [5, 5.41) is 6.69. The topological polar surface area (TPSA) is 66.9 Å². The molecule has 1 aromatic heterocycles. The Balaban J connectivity index is 1.57. The highest BCUT2D eigenvalue weighted by Crippen LogP contribution is 2.14. The van der Waals surface area contributed by atoms with Gasteiger partial charge in [-0.05, 0) is 54.3 Å². The molecule has 0 atom stereocenters. The SMILES string of the molecule is CCc1ccc(Nc2nccc(C(=O)NCCc3cccc(Cl)c3)n2)cc1. The smallest absolute Gasteiger partial charge is 0.270 e.